The Hall–Kier alpha value is -0.340. The van der Waals surface area contributed by atoms with Gasteiger partial charge in [-0.2, -0.15) is 11.8 Å². The Balaban J connectivity index is 3.21. The molecule has 0 heterocycles. The first-order chi connectivity index (χ1) is 9.20. The molecule has 0 aromatic heterocycles. The Kier molecular flexibility index (Phi) is 13.8. The van der Waals surface area contributed by atoms with E-state index in [4.69, 9.17) is 24.4 Å². The summed E-state index contributed by atoms with van der Waals surface area (Å²) in [6.07, 6.45) is -0.429. The minimum Gasteiger partial charge on any atom is -0.463 e. The minimum atomic E-state index is -0.722. The van der Waals surface area contributed by atoms with Crippen LogP contribution in [0.15, 0.2) is 0 Å². The third-order valence-electron chi connectivity index (χ3n) is 2.04. The lowest BCUT2D eigenvalue weighted by molar-refractivity contribution is -0.144. The predicted octanol–water partition coefficient (Wildman–Crippen LogP) is 0.0592. The predicted molar refractivity (Wildman–Crippen MR) is 73.3 cm³/mol. The highest BCUT2D eigenvalue weighted by Crippen LogP contribution is 2.05. The molecule has 0 saturated heterocycles. The fourth-order valence-electron chi connectivity index (χ4n) is 1.08. The summed E-state index contributed by atoms with van der Waals surface area (Å²) >= 11 is 1.41. The lowest BCUT2D eigenvalue weighted by Gasteiger charge is -2.07. The molecule has 7 heteroatoms. The van der Waals surface area contributed by atoms with E-state index in [2.05, 4.69) is 0 Å². The van der Waals surface area contributed by atoms with Crippen molar-refractivity contribution in [3.63, 3.8) is 0 Å². The Morgan fingerprint density at radius 3 is 2.58 bits per heavy atom. The zero-order chi connectivity index (χ0) is 14.3. The Morgan fingerprint density at radius 1 is 1.21 bits per heavy atom. The maximum atomic E-state index is 11.3. The summed E-state index contributed by atoms with van der Waals surface area (Å²) in [5.74, 6) is 0.713. The number of hydrogen-bond donors (Lipinski definition) is 2. The van der Waals surface area contributed by atoms with E-state index in [1.165, 1.54) is 11.8 Å². The van der Waals surface area contributed by atoms with Gasteiger partial charge < -0.3 is 24.4 Å². The number of ether oxygens (including phenoxy) is 3. The highest BCUT2D eigenvalue weighted by Gasteiger charge is 2.05. The average Bonchev–Trinajstić information content (AvgIpc) is 2.42. The molecule has 0 aromatic carbocycles. The Morgan fingerprint density at radius 2 is 1.89 bits per heavy atom. The molecule has 0 saturated carbocycles. The fourth-order valence-corrected chi connectivity index (χ4v) is 1.93. The maximum absolute atomic E-state index is 11.3. The fraction of sp³-hybridized carbons (Fsp3) is 0.917. The van der Waals surface area contributed by atoms with Crippen LogP contribution >= 0.6 is 11.8 Å². The molecule has 0 aliphatic carbocycles. The van der Waals surface area contributed by atoms with Crippen molar-refractivity contribution in [1.29, 1.82) is 0 Å². The molecular formula is C12H24O6S. The van der Waals surface area contributed by atoms with Crippen LogP contribution in [-0.2, 0) is 19.0 Å². The summed E-state index contributed by atoms with van der Waals surface area (Å²) in [4.78, 5) is 11.3. The van der Waals surface area contributed by atoms with Crippen molar-refractivity contribution < 1.29 is 29.2 Å². The standard InChI is InChI=1S/C12H24O6S/c1-2-16-4-5-17-6-7-18-12(15)3-8-19-10-11(14)9-13/h11,13-14H,2-10H2,1H3. The van der Waals surface area contributed by atoms with Crippen LogP contribution in [0.1, 0.15) is 13.3 Å². The van der Waals surface area contributed by atoms with Crippen LogP contribution in [0.25, 0.3) is 0 Å². The van der Waals surface area contributed by atoms with Gasteiger partial charge in [0.05, 0.1) is 39.0 Å². The van der Waals surface area contributed by atoms with Crippen molar-refractivity contribution >= 4 is 17.7 Å². The lowest BCUT2D eigenvalue weighted by atomic mass is 10.4. The van der Waals surface area contributed by atoms with Gasteiger partial charge in [0.15, 0.2) is 0 Å². The number of aliphatic hydroxyl groups excluding tert-OH is 2. The van der Waals surface area contributed by atoms with Crippen LogP contribution in [0.3, 0.4) is 0 Å². The molecule has 0 fully saturated rings. The minimum absolute atomic E-state index is 0.245. The average molecular weight is 296 g/mol. The first-order valence-corrected chi connectivity index (χ1v) is 7.54. The van der Waals surface area contributed by atoms with Crippen LogP contribution in [0.5, 0.6) is 0 Å². The second-order valence-electron chi connectivity index (χ2n) is 3.69. The summed E-state index contributed by atoms with van der Waals surface area (Å²) in [7, 11) is 0. The molecule has 0 amide bonds. The molecule has 0 aromatic rings. The van der Waals surface area contributed by atoms with E-state index >= 15 is 0 Å². The van der Waals surface area contributed by atoms with E-state index < -0.39 is 6.10 Å². The quantitative estimate of drug-likeness (QED) is 0.367. The highest BCUT2D eigenvalue weighted by atomic mass is 32.2. The normalized spacial score (nSPS) is 12.4. The van der Waals surface area contributed by atoms with Gasteiger partial charge in [0.2, 0.25) is 0 Å². The molecule has 1 atom stereocenters. The smallest absolute Gasteiger partial charge is 0.306 e. The Labute approximate surface area is 118 Å². The Bertz CT molecular complexity index is 214. The van der Waals surface area contributed by atoms with E-state index in [1.807, 2.05) is 6.92 Å². The van der Waals surface area contributed by atoms with Crippen LogP contribution in [0.4, 0.5) is 0 Å². The summed E-state index contributed by atoms with van der Waals surface area (Å²) in [6, 6.07) is 0. The first kappa shape index (κ1) is 18.7. The molecule has 0 spiro atoms. The van der Waals surface area contributed by atoms with Gasteiger partial charge in [-0.15, -0.1) is 0 Å². The van der Waals surface area contributed by atoms with Gasteiger partial charge in [-0.3, -0.25) is 4.79 Å². The zero-order valence-electron chi connectivity index (χ0n) is 11.4. The molecule has 19 heavy (non-hydrogen) atoms. The molecule has 0 rings (SSSR count). The topological polar surface area (TPSA) is 85.2 Å². The summed E-state index contributed by atoms with van der Waals surface area (Å²) in [6.45, 7) is 4.00. The molecule has 2 N–H and O–H groups in total. The van der Waals surface area contributed by atoms with E-state index in [0.717, 1.165) is 0 Å². The van der Waals surface area contributed by atoms with Crippen LogP contribution in [-0.4, -0.2) is 73.4 Å². The summed E-state index contributed by atoms with van der Waals surface area (Å²) in [5.41, 5.74) is 0. The van der Waals surface area contributed by atoms with E-state index in [9.17, 15) is 4.79 Å². The van der Waals surface area contributed by atoms with Gasteiger partial charge in [-0.1, -0.05) is 0 Å². The molecule has 0 aliphatic heterocycles. The third-order valence-corrected chi connectivity index (χ3v) is 3.15. The molecule has 114 valence electrons. The lowest BCUT2D eigenvalue weighted by Crippen LogP contribution is -2.16. The number of rotatable bonds is 13. The number of esters is 1. The van der Waals surface area contributed by atoms with Gasteiger partial charge in [0.1, 0.15) is 6.61 Å². The number of carbonyl (C=O) groups is 1. The van der Waals surface area contributed by atoms with Crippen molar-refractivity contribution in [2.24, 2.45) is 0 Å². The van der Waals surface area contributed by atoms with Crippen LogP contribution in [0, 0.1) is 0 Å². The molecule has 0 bridgehead atoms. The van der Waals surface area contributed by atoms with E-state index in [0.29, 0.717) is 44.4 Å². The number of hydrogen-bond acceptors (Lipinski definition) is 7. The van der Waals surface area contributed by atoms with Crippen molar-refractivity contribution in [2.45, 2.75) is 19.4 Å². The van der Waals surface area contributed by atoms with Gasteiger partial charge in [-0.05, 0) is 6.92 Å². The van der Waals surface area contributed by atoms with E-state index in [-0.39, 0.29) is 19.2 Å². The monoisotopic (exact) mass is 296 g/mol. The van der Waals surface area contributed by atoms with Crippen LogP contribution < -0.4 is 0 Å². The highest BCUT2D eigenvalue weighted by molar-refractivity contribution is 7.99. The van der Waals surface area contributed by atoms with Crippen molar-refractivity contribution in [1.82, 2.24) is 0 Å². The molecule has 0 radical (unpaired) electrons. The maximum Gasteiger partial charge on any atom is 0.306 e. The van der Waals surface area contributed by atoms with Gasteiger partial charge >= 0.3 is 5.97 Å². The van der Waals surface area contributed by atoms with E-state index in [1.54, 1.807) is 0 Å². The second kappa shape index (κ2) is 14.1. The number of aliphatic hydroxyl groups is 2. The summed E-state index contributed by atoms with van der Waals surface area (Å²) in [5, 5.41) is 17.7. The van der Waals surface area contributed by atoms with Crippen molar-refractivity contribution in [2.75, 3.05) is 51.1 Å². The van der Waals surface area contributed by atoms with Crippen molar-refractivity contribution in [3.8, 4) is 0 Å². The van der Waals surface area contributed by atoms with Crippen LogP contribution in [0.2, 0.25) is 0 Å². The number of thioether (sulfide) groups is 1. The SMILES string of the molecule is CCOCCOCCOC(=O)CCSCC(O)CO. The van der Waals surface area contributed by atoms with Gasteiger partial charge in [0, 0.05) is 18.1 Å². The van der Waals surface area contributed by atoms with Crippen molar-refractivity contribution in [3.05, 3.63) is 0 Å². The largest absolute Gasteiger partial charge is 0.463 e. The zero-order valence-corrected chi connectivity index (χ0v) is 12.2. The molecular weight excluding hydrogens is 272 g/mol. The molecule has 1 unspecified atom stereocenters. The van der Waals surface area contributed by atoms with Gasteiger partial charge in [-0.25, -0.2) is 0 Å². The second-order valence-corrected chi connectivity index (χ2v) is 4.84. The summed E-state index contributed by atoms with van der Waals surface area (Å²) < 4.78 is 15.2. The third kappa shape index (κ3) is 13.9. The molecule has 6 nitrogen and oxygen atoms in total. The van der Waals surface area contributed by atoms with Gasteiger partial charge in [0.25, 0.3) is 0 Å². The number of carbonyl (C=O) groups excluding carboxylic acids is 1. The first-order valence-electron chi connectivity index (χ1n) is 6.38. The molecule has 0 aliphatic rings.